The lowest BCUT2D eigenvalue weighted by Gasteiger charge is -2.16. The summed E-state index contributed by atoms with van der Waals surface area (Å²) in [6.45, 7) is 4.64. The van der Waals surface area contributed by atoms with Gasteiger partial charge in [-0.15, -0.1) is 0 Å². The van der Waals surface area contributed by atoms with Gasteiger partial charge in [-0.1, -0.05) is 51.7 Å². The van der Waals surface area contributed by atoms with Crippen LogP contribution in [0.25, 0.3) is 0 Å². The van der Waals surface area contributed by atoms with Crippen molar-refractivity contribution < 1.29 is 18.0 Å². The number of halogens is 3. The number of carbonyl (C=O) groups is 1. The van der Waals surface area contributed by atoms with E-state index in [0.29, 0.717) is 12.5 Å². The summed E-state index contributed by atoms with van der Waals surface area (Å²) in [5.74, 6) is -0.132. The van der Waals surface area contributed by atoms with E-state index in [1.807, 2.05) is 0 Å². The van der Waals surface area contributed by atoms with E-state index in [1.165, 1.54) is 18.2 Å². The summed E-state index contributed by atoms with van der Waals surface area (Å²) in [4.78, 5) is 12.0. The van der Waals surface area contributed by atoms with Crippen LogP contribution >= 0.6 is 0 Å². The molecule has 0 atom stereocenters. The lowest BCUT2D eigenvalue weighted by Crippen LogP contribution is -2.28. The first-order valence-electron chi connectivity index (χ1n) is 7.84. The Hall–Kier alpha value is -1.52. The summed E-state index contributed by atoms with van der Waals surface area (Å²) in [6, 6.07) is 4.89. The molecule has 1 N–H and O–H groups in total. The smallest absolute Gasteiger partial charge is 0.352 e. The first-order valence-corrected chi connectivity index (χ1v) is 7.84. The average molecular weight is 315 g/mol. The molecule has 1 aromatic rings. The summed E-state index contributed by atoms with van der Waals surface area (Å²) in [5, 5.41) is 2.62. The van der Waals surface area contributed by atoms with Gasteiger partial charge in [0.15, 0.2) is 0 Å². The quantitative estimate of drug-likeness (QED) is 0.715. The van der Waals surface area contributed by atoms with Crippen LogP contribution in [0.4, 0.5) is 13.2 Å². The van der Waals surface area contributed by atoms with Gasteiger partial charge in [-0.3, -0.25) is 4.79 Å². The van der Waals surface area contributed by atoms with E-state index in [0.717, 1.165) is 38.2 Å². The Morgan fingerprint density at radius 3 is 2.23 bits per heavy atom. The number of amides is 1. The number of nitrogens with one attached hydrogen (secondary N) is 1. The Morgan fingerprint density at radius 1 is 1.09 bits per heavy atom. The fourth-order valence-electron chi connectivity index (χ4n) is 2.66. The summed E-state index contributed by atoms with van der Waals surface area (Å²) < 4.78 is 38.6. The second-order valence-corrected chi connectivity index (χ2v) is 5.53. The van der Waals surface area contributed by atoms with E-state index in [-0.39, 0.29) is 5.56 Å². The van der Waals surface area contributed by atoms with Crippen LogP contribution < -0.4 is 5.32 Å². The highest BCUT2D eigenvalue weighted by atomic mass is 19.4. The molecule has 0 unspecified atom stereocenters. The van der Waals surface area contributed by atoms with Crippen molar-refractivity contribution >= 4 is 5.91 Å². The minimum Gasteiger partial charge on any atom is -0.352 e. The molecule has 1 aromatic carbocycles. The minimum absolute atomic E-state index is 0.308. The SMILES string of the molecule is CCCC(CCC)CCNC(=O)c1ccccc1C(F)(F)F. The van der Waals surface area contributed by atoms with Gasteiger partial charge in [0.1, 0.15) is 0 Å². The molecular formula is C17H24F3NO. The Morgan fingerprint density at radius 2 is 1.68 bits per heavy atom. The van der Waals surface area contributed by atoms with Gasteiger partial charge in [0.25, 0.3) is 5.91 Å². The highest BCUT2D eigenvalue weighted by Gasteiger charge is 2.34. The number of hydrogen-bond donors (Lipinski definition) is 1. The molecule has 0 spiro atoms. The number of carbonyl (C=O) groups excluding carboxylic acids is 1. The van der Waals surface area contributed by atoms with Gasteiger partial charge in [0.05, 0.1) is 11.1 Å². The summed E-state index contributed by atoms with van der Waals surface area (Å²) in [5.41, 5.74) is -1.19. The number of benzene rings is 1. The second kappa shape index (κ2) is 8.81. The zero-order valence-electron chi connectivity index (χ0n) is 13.2. The zero-order chi connectivity index (χ0) is 16.6. The zero-order valence-corrected chi connectivity index (χ0v) is 13.2. The monoisotopic (exact) mass is 315 g/mol. The van der Waals surface area contributed by atoms with Crippen molar-refractivity contribution in [3.05, 3.63) is 35.4 Å². The Balaban J connectivity index is 2.63. The second-order valence-electron chi connectivity index (χ2n) is 5.53. The van der Waals surface area contributed by atoms with E-state index in [9.17, 15) is 18.0 Å². The maximum Gasteiger partial charge on any atom is 0.417 e. The Kier molecular flexibility index (Phi) is 7.42. The van der Waals surface area contributed by atoms with Gasteiger partial charge >= 0.3 is 6.18 Å². The lowest BCUT2D eigenvalue weighted by molar-refractivity contribution is -0.137. The molecular weight excluding hydrogens is 291 g/mol. The van der Waals surface area contributed by atoms with Gasteiger partial charge < -0.3 is 5.32 Å². The predicted octanol–water partition coefficient (Wildman–Crippen LogP) is 5.04. The molecule has 0 aliphatic heterocycles. The molecule has 0 aliphatic rings. The van der Waals surface area contributed by atoms with Crippen molar-refractivity contribution in [2.45, 2.75) is 52.1 Å². The molecule has 0 radical (unpaired) electrons. The Labute approximate surface area is 130 Å². The van der Waals surface area contributed by atoms with Gasteiger partial charge in [0.2, 0.25) is 0 Å². The third-order valence-corrected chi connectivity index (χ3v) is 3.71. The first kappa shape index (κ1) is 18.5. The lowest BCUT2D eigenvalue weighted by atomic mass is 9.95. The molecule has 0 aliphatic carbocycles. The average Bonchev–Trinajstić information content (AvgIpc) is 2.46. The van der Waals surface area contributed by atoms with Crippen LogP contribution in [0.1, 0.15) is 61.9 Å². The molecule has 0 bridgehead atoms. The summed E-state index contributed by atoms with van der Waals surface area (Å²) in [7, 11) is 0. The van der Waals surface area contributed by atoms with Gasteiger partial charge in [0, 0.05) is 6.54 Å². The fraction of sp³-hybridized carbons (Fsp3) is 0.588. The molecule has 0 fully saturated rings. The van der Waals surface area contributed by atoms with E-state index in [1.54, 1.807) is 0 Å². The fourth-order valence-corrected chi connectivity index (χ4v) is 2.66. The van der Waals surface area contributed by atoms with Crippen LogP contribution in [0.3, 0.4) is 0 Å². The van der Waals surface area contributed by atoms with Crippen molar-refractivity contribution in [3.63, 3.8) is 0 Å². The normalized spacial score (nSPS) is 11.7. The molecule has 0 saturated heterocycles. The molecule has 2 nitrogen and oxygen atoms in total. The highest BCUT2D eigenvalue weighted by Crippen LogP contribution is 2.31. The van der Waals surface area contributed by atoms with Crippen LogP contribution in [-0.2, 0) is 6.18 Å². The van der Waals surface area contributed by atoms with Crippen LogP contribution in [0.5, 0.6) is 0 Å². The van der Waals surface area contributed by atoms with Crippen molar-refractivity contribution in [1.29, 1.82) is 0 Å². The standard InChI is InChI=1S/C17H24F3NO/c1-3-7-13(8-4-2)11-12-21-16(22)14-9-5-6-10-15(14)17(18,19)20/h5-6,9-10,13H,3-4,7-8,11-12H2,1-2H3,(H,21,22). The molecule has 0 heterocycles. The van der Waals surface area contributed by atoms with E-state index in [2.05, 4.69) is 19.2 Å². The van der Waals surface area contributed by atoms with Crippen LogP contribution in [0, 0.1) is 5.92 Å². The minimum atomic E-state index is -4.51. The summed E-state index contributed by atoms with van der Waals surface area (Å²) in [6.07, 6.45) is 0.624. The number of rotatable bonds is 8. The van der Waals surface area contributed by atoms with Crippen molar-refractivity contribution in [2.24, 2.45) is 5.92 Å². The van der Waals surface area contributed by atoms with Crippen molar-refractivity contribution in [1.82, 2.24) is 5.32 Å². The van der Waals surface area contributed by atoms with Crippen molar-refractivity contribution in [2.75, 3.05) is 6.54 Å². The molecule has 0 saturated carbocycles. The Bertz CT molecular complexity index is 465. The topological polar surface area (TPSA) is 29.1 Å². The number of hydrogen-bond acceptors (Lipinski definition) is 1. The van der Waals surface area contributed by atoms with Gasteiger partial charge in [-0.05, 0) is 24.5 Å². The van der Waals surface area contributed by atoms with E-state index >= 15 is 0 Å². The van der Waals surface area contributed by atoms with Crippen LogP contribution in [0.15, 0.2) is 24.3 Å². The maximum absolute atomic E-state index is 12.9. The van der Waals surface area contributed by atoms with Crippen LogP contribution in [-0.4, -0.2) is 12.5 Å². The maximum atomic E-state index is 12.9. The highest BCUT2D eigenvalue weighted by molar-refractivity contribution is 5.95. The summed E-state index contributed by atoms with van der Waals surface area (Å²) >= 11 is 0. The predicted molar refractivity (Wildman–Crippen MR) is 81.7 cm³/mol. The molecule has 1 rings (SSSR count). The molecule has 5 heteroatoms. The number of alkyl halides is 3. The van der Waals surface area contributed by atoms with Crippen LogP contribution in [0.2, 0.25) is 0 Å². The first-order chi connectivity index (χ1) is 10.4. The third-order valence-electron chi connectivity index (χ3n) is 3.71. The molecule has 1 amide bonds. The van der Waals surface area contributed by atoms with E-state index in [4.69, 9.17) is 0 Å². The van der Waals surface area contributed by atoms with Gasteiger partial charge in [-0.2, -0.15) is 13.2 Å². The molecule has 0 aromatic heterocycles. The molecule has 22 heavy (non-hydrogen) atoms. The van der Waals surface area contributed by atoms with E-state index < -0.39 is 17.6 Å². The molecule has 124 valence electrons. The van der Waals surface area contributed by atoms with Gasteiger partial charge in [-0.25, -0.2) is 0 Å². The third kappa shape index (κ3) is 5.70. The van der Waals surface area contributed by atoms with Crippen molar-refractivity contribution in [3.8, 4) is 0 Å². The largest absolute Gasteiger partial charge is 0.417 e.